The number of allylic oxidation sites excluding steroid dienone is 1. The van der Waals surface area contributed by atoms with Gasteiger partial charge in [0.2, 0.25) is 5.91 Å². The molecular weight excluding hydrogens is 412 g/mol. The molecule has 32 heavy (non-hydrogen) atoms. The molecule has 0 bridgehead atoms. The van der Waals surface area contributed by atoms with E-state index in [4.69, 9.17) is 5.26 Å². The van der Waals surface area contributed by atoms with Crippen LogP contribution in [0.4, 0.5) is 14.6 Å². The van der Waals surface area contributed by atoms with Gasteiger partial charge in [-0.3, -0.25) is 4.79 Å². The lowest BCUT2D eigenvalue weighted by molar-refractivity contribution is -0.120. The van der Waals surface area contributed by atoms with Gasteiger partial charge in [0.05, 0.1) is 5.56 Å². The normalized spacial score (nSPS) is 14.0. The largest absolute Gasteiger partial charge is 0.332 e. The minimum atomic E-state index is -0.864. The summed E-state index contributed by atoms with van der Waals surface area (Å²) in [7, 11) is 1.81. The third-order valence-electron chi connectivity index (χ3n) is 5.23. The number of amides is 1. The zero-order chi connectivity index (χ0) is 23.7. The highest BCUT2D eigenvalue weighted by molar-refractivity contribution is 5.77. The van der Waals surface area contributed by atoms with Crippen molar-refractivity contribution in [3.8, 4) is 6.07 Å². The second-order valence-corrected chi connectivity index (χ2v) is 7.32. The number of nitrogens with zero attached hydrogens (tertiary/aromatic N) is 3. The molecule has 8 heteroatoms. The van der Waals surface area contributed by atoms with Crippen molar-refractivity contribution in [3.05, 3.63) is 71.2 Å². The Morgan fingerprint density at radius 3 is 2.53 bits per heavy atom. The van der Waals surface area contributed by atoms with Crippen molar-refractivity contribution in [2.24, 2.45) is 0 Å². The summed E-state index contributed by atoms with van der Waals surface area (Å²) < 4.78 is 26.6. The molecule has 2 N–H and O–H groups in total. The molecule has 0 unspecified atom stereocenters. The predicted molar refractivity (Wildman–Crippen MR) is 120 cm³/mol. The standard InChI is InChI=1S/C22H23F2N5O.C2H6/c1-15(29(2)20-6-3-16(12-25)14-26-20)13-27-21(30)7-10-28-22(8-9-22)17-4-5-18(23)19(24)11-17;1-2/h3-6,11,13-14,28H,7-10H2,1-2H3,(H,27,30);1-2H3/b15-13+;. The zero-order valence-corrected chi connectivity index (χ0v) is 18.9. The van der Waals surface area contributed by atoms with Gasteiger partial charge in [0.15, 0.2) is 11.6 Å². The van der Waals surface area contributed by atoms with Gasteiger partial charge in [-0.05, 0) is 49.6 Å². The van der Waals surface area contributed by atoms with E-state index in [0.717, 1.165) is 24.6 Å². The Kier molecular flexibility index (Phi) is 8.85. The summed E-state index contributed by atoms with van der Waals surface area (Å²) in [6, 6.07) is 9.36. The molecule has 2 aromatic rings. The molecule has 170 valence electrons. The van der Waals surface area contributed by atoms with Crippen LogP contribution in [0.15, 0.2) is 48.4 Å². The molecule has 1 aliphatic carbocycles. The minimum Gasteiger partial charge on any atom is -0.332 e. The summed E-state index contributed by atoms with van der Waals surface area (Å²) in [6.45, 7) is 6.26. The smallest absolute Gasteiger partial charge is 0.225 e. The van der Waals surface area contributed by atoms with Crippen LogP contribution in [-0.2, 0) is 10.3 Å². The van der Waals surface area contributed by atoms with Gasteiger partial charge in [0.1, 0.15) is 11.9 Å². The highest BCUT2D eigenvalue weighted by Crippen LogP contribution is 2.45. The lowest BCUT2D eigenvalue weighted by Gasteiger charge is -2.19. The van der Waals surface area contributed by atoms with Crippen LogP contribution in [0.5, 0.6) is 0 Å². The van der Waals surface area contributed by atoms with Crippen LogP contribution in [0.1, 0.15) is 51.2 Å². The number of hydrogen-bond donors (Lipinski definition) is 2. The van der Waals surface area contributed by atoms with Crippen LogP contribution in [0.2, 0.25) is 0 Å². The van der Waals surface area contributed by atoms with E-state index in [1.54, 1.807) is 29.3 Å². The molecule has 0 saturated heterocycles. The van der Waals surface area contributed by atoms with Crippen molar-refractivity contribution in [2.75, 3.05) is 18.5 Å². The molecule has 0 radical (unpaired) electrons. The molecule has 1 aliphatic rings. The molecule has 1 aromatic heterocycles. The molecule has 1 saturated carbocycles. The van der Waals surface area contributed by atoms with E-state index < -0.39 is 11.6 Å². The number of carbonyl (C=O) groups is 1. The van der Waals surface area contributed by atoms with E-state index >= 15 is 0 Å². The van der Waals surface area contributed by atoms with Crippen LogP contribution >= 0.6 is 0 Å². The first kappa shape index (κ1) is 25.0. The molecular formula is C24H29F2N5O. The number of nitrogens with one attached hydrogen (secondary N) is 2. The second-order valence-electron chi connectivity index (χ2n) is 7.32. The summed E-state index contributed by atoms with van der Waals surface area (Å²) in [5.41, 5.74) is 1.58. The lowest BCUT2D eigenvalue weighted by Crippen LogP contribution is -2.33. The molecule has 0 atom stereocenters. The zero-order valence-electron chi connectivity index (χ0n) is 18.9. The minimum absolute atomic E-state index is 0.163. The van der Waals surface area contributed by atoms with Gasteiger partial charge in [0.25, 0.3) is 0 Å². The van der Waals surface area contributed by atoms with Crippen molar-refractivity contribution in [2.45, 2.75) is 45.6 Å². The first-order valence-corrected chi connectivity index (χ1v) is 10.6. The monoisotopic (exact) mass is 441 g/mol. The fourth-order valence-electron chi connectivity index (χ4n) is 3.09. The third kappa shape index (κ3) is 6.34. The Bertz CT molecular complexity index is 994. The van der Waals surface area contributed by atoms with Crippen LogP contribution in [-0.4, -0.2) is 24.5 Å². The fraction of sp³-hybridized carbons (Fsp3) is 0.375. The van der Waals surface area contributed by atoms with Crippen LogP contribution < -0.4 is 15.5 Å². The molecule has 0 aliphatic heterocycles. The Morgan fingerprint density at radius 1 is 1.25 bits per heavy atom. The van der Waals surface area contributed by atoms with E-state index in [9.17, 15) is 13.6 Å². The lowest BCUT2D eigenvalue weighted by atomic mass is 10.0. The van der Waals surface area contributed by atoms with Crippen molar-refractivity contribution in [1.29, 1.82) is 5.26 Å². The first-order valence-electron chi connectivity index (χ1n) is 10.6. The number of carbonyl (C=O) groups excluding carboxylic acids is 1. The van der Waals surface area contributed by atoms with Crippen LogP contribution in [0.25, 0.3) is 0 Å². The molecule has 1 fully saturated rings. The Labute approximate surface area is 188 Å². The number of halogens is 2. The van der Waals surface area contributed by atoms with Crippen molar-refractivity contribution in [3.63, 3.8) is 0 Å². The van der Waals surface area contributed by atoms with Crippen LogP contribution in [0.3, 0.4) is 0 Å². The average molecular weight is 442 g/mol. The Morgan fingerprint density at radius 2 is 1.97 bits per heavy atom. The van der Waals surface area contributed by atoms with Crippen molar-refractivity contribution in [1.82, 2.24) is 15.6 Å². The Balaban J connectivity index is 0.00000176. The average Bonchev–Trinajstić information content (AvgIpc) is 3.61. The third-order valence-corrected chi connectivity index (χ3v) is 5.23. The number of aromatic nitrogens is 1. The van der Waals surface area contributed by atoms with Crippen molar-refractivity contribution < 1.29 is 13.6 Å². The predicted octanol–water partition coefficient (Wildman–Crippen LogP) is 4.34. The van der Waals surface area contributed by atoms with E-state index in [0.29, 0.717) is 23.5 Å². The van der Waals surface area contributed by atoms with E-state index in [1.165, 1.54) is 12.3 Å². The molecule has 1 heterocycles. The number of anilines is 1. The maximum atomic E-state index is 13.5. The van der Waals surface area contributed by atoms with E-state index in [2.05, 4.69) is 15.6 Å². The molecule has 3 rings (SSSR count). The van der Waals surface area contributed by atoms with Gasteiger partial charge in [-0.2, -0.15) is 5.26 Å². The number of pyridine rings is 1. The maximum Gasteiger partial charge on any atom is 0.225 e. The molecule has 1 amide bonds. The summed E-state index contributed by atoms with van der Waals surface area (Å²) in [5.74, 6) is -1.23. The maximum absolute atomic E-state index is 13.5. The number of rotatable bonds is 8. The van der Waals surface area contributed by atoms with E-state index in [-0.39, 0.29) is 17.9 Å². The van der Waals surface area contributed by atoms with Crippen molar-refractivity contribution >= 4 is 11.7 Å². The van der Waals surface area contributed by atoms with Gasteiger partial charge in [-0.15, -0.1) is 0 Å². The van der Waals surface area contributed by atoms with Gasteiger partial charge in [0, 0.05) is 43.6 Å². The number of benzene rings is 1. The van der Waals surface area contributed by atoms with Gasteiger partial charge < -0.3 is 15.5 Å². The molecule has 6 nitrogen and oxygen atoms in total. The fourth-order valence-corrected chi connectivity index (χ4v) is 3.09. The quantitative estimate of drug-likeness (QED) is 0.637. The van der Waals surface area contributed by atoms with Gasteiger partial charge >= 0.3 is 0 Å². The second kappa shape index (κ2) is 11.3. The first-order chi connectivity index (χ1) is 15.3. The summed E-state index contributed by atoms with van der Waals surface area (Å²) in [6.07, 6.45) is 4.98. The number of nitriles is 1. The summed E-state index contributed by atoms with van der Waals surface area (Å²) in [4.78, 5) is 18.2. The summed E-state index contributed by atoms with van der Waals surface area (Å²) >= 11 is 0. The highest BCUT2D eigenvalue weighted by Gasteiger charge is 2.44. The topological polar surface area (TPSA) is 81.0 Å². The SMILES string of the molecule is C/C(=C\NC(=O)CCNC1(c2ccc(F)c(F)c2)CC1)N(C)c1ccc(C#N)cn1.CC. The molecule has 1 aromatic carbocycles. The summed E-state index contributed by atoms with van der Waals surface area (Å²) in [5, 5.41) is 14.9. The van der Waals surface area contributed by atoms with Gasteiger partial charge in [-0.1, -0.05) is 19.9 Å². The Hall–Kier alpha value is -3.31. The highest BCUT2D eigenvalue weighted by atomic mass is 19.2. The molecule has 0 spiro atoms. The number of hydrogen-bond acceptors (Lipinski definition) is 5. The van der Waals surface area contributed by atoms with Gasteiger partial charge in [-0.25, -0.2) is 13.8 Å². The van der Waals surface area contributed by atoms with Crippen LogP contribution in [0, 0.1) is 23.0 Å². The van der Waals surface area contributed by atoms with E-state index in [1.807, 2.05) is 33.9 Å².